The highest BCUT2D eigenvalue weighted by Crippen LogP contribution is 2.07. The fraction of sp³-hybridized carbons (Fsp3) is 0.556. The smallest absolute Gasteiger partial charge is 0.274 e. The van der Waals surface area contributed by atoms with Gasteiger partial charge in [-0.25, -0.2) is 0 Å². The molecule has 0 aliphatic carbocycles. The average molecular weight is 228 g/mol. The second kappa shape index (κ2) is 5.47. The van der Waals surface area contributed by atoms with Crippen molar-refractivity contribution in [1.82, 2.24) is 15.1 Å². The van der Waals surface area contributed by atoms with Crippen LogP contribution in [0.2, 0.25) is 0 Å². The lowest BCUT2D eigenvalue weighted by molar-refractivity contribution is 0.0835. The van der Waals surface area contributed by atoms with Crippen LogP contribution in [-0.4, -0.2) is 47.2 Å². The molecule has 1 unspecified atom stereocenters. The van der Waals surface area contributed by atoms with Gasteiger partial charge in [0.25, 0.3) is 5.91 Å². The zero-order chi connectivity index (χ0) is 12.1. The molecule has 0 bridgehead atoms. The number of ether oxygens (including phenoxy) is 1. The van der Waals surface area contributed by atoms with Crippen LogP contribution in [0.25, 0.3) is 0 Å². The summed E-state index contributed by atoms with van der Waals surface area (Å²) in [6.07, 6.45) is 1.54. The summed E-state index contributed by atoms with van der Waals surface area (Å²) >= 11 is 0. The number of hydrogen-bond acceptors (Lipinski definition) is 5. The van der Waals surface area contributed by atoms with Gasteiger partial charge in [-0.3, -0.25) is 9.48 Å². The topological polar surface area (TPSA) is 102 Å². The zero-order valence-corrected chi connectivity index (χ0v) is 9.30. The van der Waals surface area contributed by atoms with Crippen LogP contribution in [0, 0.1) is 0 Å². The fourth-order valence-electron chi connectivity index (χ4n) is 1.28. The number of aromatic nitrogens is 2. The van der Waals surface area contributed by atoms with Crippen LogP contribution in [0.3, 0.4) is 0 Å². The second-order valence-corrected chi connectivity index (χ2v) is 3.42. The number of amides is 1. The van der Waals surface area contributed by atoms with Gasteiger partial charge in [-0.1, -0.05) is 0 Å². The normalized spacial score (nSPS) is 12.4. The van der Waals surface area contributed by atoms with E-state index in [1.807, 2.05) is 0 Å². The quantitative estimate of drug-likeness (QED) is 0.583. The fourth-order valence-corrected chi connectivity index (χ4v) is 1.28. The summed E-state index contributed by atoms with van der Waals surface area (Å²) in [6, 6.07) is -0.459. The molecule has 0 saturated carbocycles. The first-order chi connectivity index (χ1) is 7.58. The summed E-state index contributed by atoms with van der Waals surface area (Å²) in [4.78, 5) is 11.7. The summed E-state index contributed by atoms with van der Waals surface area (Å²) in [5, 5.41) is 15.5. The van der Waals surface area contributed by atoms with E-state index in [9.17, 15) is 4.79 Å². The van der Waals surface area contributed by atoms with Crippen molar-refractivity contribution in [3.05, 3.63) is 11.9 Å². The summed E-state index contributed by atoms with van der Waals surface area (Å²) in [5.74, 6) is -0.422. The number of nitrogen functional groups attached to an aromatic ring is 1. The molecule has 0 fully saturated rings. The van der Waals surface area contributed by atoms with E-state index in [0.717, 1.165) is 0 Å². The standard InChI is InChI=1S/C9H16N4O3/c1-13-3-7(10)8(12-13)9(15)11-6(4-14)5-16-2/h3,6,14H,4-5,10H2,1-2H3,(H,11,15). The number of anilines is 1. The van der Waals surface area contributed by atoms with Crippen LogP contribution in [-0.2, 0) is 11.8 Å². The number of methoxy groups -OCH3 is 1. The molecule has 0 aromatic carbocycles. The maximum atomic E-state index is 11.7. The summed E-state index contributed by atoms with van der Waals surface area (Å²) in [7, 11) is 3.16. The van der Waals surface area contributed by atoms with E-state index in [2.05, 4.69) is 10.4 Å². The molecule has 16 heavy (non-hydrogen) atoms. The maximum Gasteiger partial charge on any atom is 0.274 e. The van der Waals surface area contributed by atoms with Gasteiger partial charge in [-0.2, -0.15) is 5.10 Å². The molecule has 0 saturated heterocycles. The summed E-state index contributed by atoms with van der Waals surface area (Å²) < 4.78 is 6.29. The van der Waals surface area contributed by atoms with Crippen molar-refractivity contribution in [3.63, 3.8) is 0 Å². The molecule has 0 aliphatic heterocycles. The molecule has 90 valence electrons. The molecular weight excluding hydrogens is 212 g/mol. The predicted octanol–water partition coefficient (Wildman–Crippen LogP) is -1.26. The lowest BCUT2D eigenvalue weighted by Gasteiger charge is -2.14. The summed E-state index contributed by atoms with van der Waals surface area (Å²) in [6.45, 7) is 0.0291. The maximum absolute atomic E-state index is 11.7. The Kier molecular flexibility index (Phi) is 4.27. The van der Waals surface area contributed by atoms with Gasteiger partial charge in [0, 0.05) is 20.4 Å². The molecule has 1 atom stereocenters. The Morgan fingerprint density at radius 1 is 1.81 bits per heavy atom. The molecule has 7 heteroatoms. The monoisotopic (exact) mass is 228 g/mol. The van der Waals surface area contributed by atoms with Gasteiger partial charge >= 0.3 is 0 Å². The Labute approximate surface area is 93.2 Å². The molecule has 4 N–H and O–H groups in total. The highest BCUT2D eigenvalue weighted by molar-refractivity contribution is 5.97. The number of carbonyl (C=O) groups excluding carboxylic acids is 1. The zero-order valence-electron chi connectivity index (χ0n) is 9.30. The minimum Gasteiger partial charge on any atom is -0.396 e. The van der Waals surface area contributed by atoms with Gasteiger partial charge in [-0.15, -0.1) is 0 Å². The van der Waals surface area contributed by atoms with Gasteiger partial charge in [0.05, 0.1) is 24.9 Å². The van der Waals surface area contributed by atoms with E-state index < -0.39 is 11.9 Å². The number of carbonyl (C=O) groups is 1. The second-order valence-electron chi connectivity index (χ2n) is 3.42. The Morgan fingerprint density at radius 3 is 2.94 bits per heavy atom. The number of nitrogens with two attached hydrogens (primary N) is 1. The number of aliphatic hydroxyl groups is 1. The highest BCUT2D eigenvalue weighted by Gasteiger charge is 2.17. The third-order valence-electron chi connectivity index (χ3n) is 2.00. The van der Waals surface area contributed by atoms with Crippen molar-refractivity contribution in [2.75, 3.05) is 26.1 Å². The average Bonchev–Trinajstić information content (AvgIpc) is 2.57. The van der Waals surface area contributed by atoms with E-state index in [1.54, 1.807) is 13.2 Å². The molecule has 7 nitrogen and oxygen atoms in total. The molecule has 1 aromatic heterocycles. The molecule has 1 amide bonds. The Hall–Kier alpha value is -1.60. The molecule has 1 rings (SSSR count). The van der Waals surface area contributed by atoms with Crippen LogP contribution in [0.4, 0.5) is 5.69 Å². The van der Waals surface area contributed by atoms with E-state index in [0.29, 0.717) is 5.69 Å². The number of aliphatic hydroxyl groups excluding tert-OH is 1. The van der Waals surface area contributed by atoms with Crippen molar-refractivity contribution >= 4 is 11.6 Å². The van der Waals surface area contributed by atoms with Gasteiger partial charge in [0.15, 0.2) is 5.69 Å². The minimum atomic E-state index is -0.459. The van der Waals surface area contributed by atoms with Crippen LogP contribution in [0.15, 0.2) is 6.20 Å². The lowest BCUT2D eigenvalue weighted by Crippen LogP contribution is -2.41. The van der Waals surface area contributed by atoms with Crippen LogP contribution >= 0.6 is 0 Å². The highest BCUT2D eigenvalue weighted by atomic mass is 16.5. The van der Waals surface area contributed by atoms with Crippen molar-refractivity contribution in [2.45, 2.75) is 6.04 Å². The minimum absolute atomic E-state index is 0.150. The molecular formula is C9H16N4O3. The van der Waals surface area contributed by atoms with Crippen molar-refractivity contribution in [3.8, 4) is 0 Å². The largest absolute Gasteiger partial charge is 0.396 e. The number of aryl methyl sites for hydroxylation is 1. The molecule has 0 spiro atoms. The van der Waals surface area contributed by atoms with Gasteiger partial charge in [0.1, 0.15) is 0 Å². The number of hydrogen-bond donors (Lipinski definition) is 3. The SMILES string of the molecule is COCC(CO)NC(=O)c1nn(C)cc1N. The molecule has 1 heterocycles. The van der Waals surface area contributed by atoms with E-state index in [1.165, 1.54) is 11.8 Å². The van der Waals surface area contributed by atoms with Crippen LogP contribution in [0.5, 0.6) is 0 Å². The first-order valence-corrected chi connectivity index (χ1v) is 4.78. The molecule has 1 aromatic rings. The van der Waals surface area contributed by atoms with Crippen molar-refractivity contribution in [1.29, 1.82) is 0 Å². The van der Waals surface area contributed by atoms with E-state index in [4.69, 9.17) is 15.6 Å². The lowest BCUT2D eigenvalue weighted by atomic mass is 10.3. The summed E-state index contributed by atoms with van der Waals surface area (Å²) in [5.41, 5.74) is 6.05. The van der Waals surface area contributed by atoms with Crippen molar-refractivity contribution in [2.24, 2.45) is 7.05 Å². The third kappa shape index (κ3) is 2.94. The Bertz CT molecular complexity index is 364. The number of nitrogens with zero attached hydrogens (tertiary/aromatic N) is 2. The Balaban J connectivity index is 2.67. The Morgan fingerprint density at radius 2 is 2.50 bits per heavy atom. The van der Waals surface area contributed by atoms with Gasteiger partial charge in [0.2, 0.25) is 0 Å². The van der Waals surface area contributed by atoms with Crippen molar-refractivity contribution < 1.29 is 14.6 Å². The first-order valence-electron chi connectivity index (χ1n) is 4.78. The molecule has 0 radical (unpaired) electrons. The van der Waals surface area contributed by atoms with Crippen LogP contribution in [0.1, 0.15) is 10.5 Å². The third-order valence-corrected chi connectivity index (χ3v) is 2.00. The first kappa shape index (κ1) is 12.5. The van der Waals surface area contributed by atoms with Crippen LogP contribution < -0.4 is 11.1 Å². The molecule has 0 aliphatic rings. The van der Waals surface area contributed by atoms with E-state index >= 15 is 0 Å². The van der Waals surface area contributed by atoms with Gasteiger partial charge < -0.3 is 20.9 Å². The van der Waals surface area contributed by atoms with E-state index in [-0.39, 0.29) is 18.9 Å². The van der Waals surface area contributed by atoms with Gasteiger partial charge in [-0.05, 0) is 0 Å². The number of nitrogens with one attached hydrogen (secondary N) is 1. The predicted molar refractivity (Wildman–Crippen MR) is 57.8 cm³/mol. The number of rotatable bonds is 5.